The van der Waals surface area contributed by atoms with Crippen LogP contribution in [0, 0.1) is 0 Å². The van der Waals surface area contributed by atoms with Gasteiger partial charge in [0.15, 0.2) is 18.1 Å². The molecule has 166 valence electrons. The molecule has 0 atom stereocenters. The van der Waals surface area contributed by atoms with Crippen molar-refractivity contribution in [3.63, 3.8) is 0 Å². The van der Waals surface area contributed by atoms with Crippen molar-refractivity contribution in [1.82, 2.24) is 5.43 Å². The standard InChI is InChI=1S/C25H21N3O5/c1-32-21-14-8-9-17(23(21)33-16-22(29)26-18-10-4-2-5-11-18)15-20-24(30)27-28(25(20)31)19-12-6-3-7-13-19/h2-15H,16H2,1H3,(H,26,29)(H,27,30)/b20-15-. The Bertz CT molecular complexity index is 1210. The van der Waals surface area contributed by atoms with Gasteiger partial charge in [-0.2, -0.15) is 0 Å². The van der Waals surface area contributed by atoms with Crippen LogP contribution in [0.1, 0.15) is 5.56 Å². The molecule has 1 heterocycles. The van der Waals surface area contributed by atoms with Gasteiger partial charge in [-0.3, -0.25) is 19.8 Å². The predicted molar refractivity (Wildman–Crippen MR) is 124 cm³/mol. The number of rotatable bonds is 7. The first kappa shape index (κ1) is 21.6. The number of anilines is 2. The summed E-state index contributed by atoms with van der Waals surface area (Å²) in [5.74, 6) is -0.797. The fourth-order valence-corrected chi connectivity index (χ4v) is 3.29. The summed E-state index contributed by atoms with van der Waals surface area (Å²) in [4.78, 5) is 37.8. The van der Waals surface area contributed by atoms with E-state index < -0.39 is 11.8 Å². The average Bonchev–Trinajstić information content (AvgIpc) is 3.12. The second-order valence-corrected chi connectivity index (χ2v) is 7.06. The van der Waals surface area contributed by atoms with Crippen molar-refractivity contribution in [2.75, 3.05) is 24.0 Å². The van der Waals surface area contributed by atoms with Gasteiger partial charge >= 0.3 is 0 Å². The Kier molecular flexibility index (Phi) is 6.36. The Balaban J connectivity index is 1.57. The topological polar surface area (TPSA) is 97.0 Å². The minimum Gasteiger partial charge on any atom is -0.493 e. The number of methoxy groups -OCH3 is 1. The summed E-state index contributed by atoms with van der Waals surface area (Å²) in [6.45, 7) is -0.290. The molecular weight excluding hydrogens is 422 g/mol. The van der Waals surface area contributed by atoms with Crippen molar-refractivity contribution in [3.05, 3.63) is 90.0 Å². The van der Waals surface area contributed by atoms with Crippen molar-refractivity contribution >= 4 is 35.2 Å². The van der Waals surface area contributed by atoms with Gasteiger partial charge in [-0.05, 0) is 36.4 Å². The molecular formula is C25H21N3O5. The van der Waals surface area contributed by atoms with E-state index in [9.17, 15) is 14.4 Å². The molecule has 3 amide bonds. The largest absolute Gasteiger partial charge is 0.493 e. The van der Waals surface area contributed by atoms with E-state index in [4.69, 9.17) is 9.47 Å². The third-order valence-corrected chi connectivity index (χ3v) is 4.84. The molecule has 33 heavy (non-hydrogen) atoms. The highest BCUT2D eigenvalue weighted by Gasteiger charge is 2.34. The van der Waals surface area contributed by atoms with E-state index in [0.717, 1.165) is 0 Å². The Morgan fingerprint density at radius 2 is 1.67 bits per heavy atom. The van der Waals surface area contributed by atoms with Crippen LogP contribution in [-0.2, 0) is 14.4 Å². The lowest BCUT2D eigenvalue weighted by Gasteiger charge is -2.14. The van der Waals surface area contributed by atoms with Gasteiger partial charge in [-0.15, -0.1) is 0 Å². The molecule has 0 spiro atoms. The van der Waals surface area contributed by atoms with Crippen molar-refractivity contribution in [2.24, 2.45) is 0 Å². The summed E-state index contributed by atoms with van der Waals surface area (Å²) in [6, 6.07) is 22.8. The summed E-state index contributed by atoms with van der Waals surface area (Å²) in [5.41, 5.74) is 4.10. The van der Waals surface area contributed by atoms with Gasteiger partial charge < -0.3 is 14.8 Å². The molecule has 0 unspecified atom stereocenters. The highest BCUT2D eigenvalue weighted by Crippen LogP contribution is 2.33. The molecule has 1 aliphatic heterocycles. The van der Waals surface area contributed by atoms with Crippen LogP contribution in [-0.4, -0.2) is 31.4 Å². The van der Waals surface area contributed by atoms with Gasteiger partial charge in [0.1, 0.15) is 5.57 Å². The quantitative estimate of drug-likeness (QED) is 0.432. The van der Waals surface area contributed by atoms with Crippen molar-refractivity contribution < 1.29 is 23.9 Å². The summed E-state index contributed by atoms with van der Waals surface area (Å²) in [6.07, 6.45) is 1.42. The Morgan fingerprint density at radius 3 is 2.36 bits per heavy atom. The molecule has 4 rings (SSSR count). The number of carbonyl (C=O) groups is 3. The summed E-state index contributed by atoms with van der Waals surface area (Å²) < 4.78 is 11.1. The molecule has 1 fully saturated rings. The van der Waals surface area contributed by atoms with Crippen LogP contribution in [0.15, 0.2) is 84.4 Å². The average molecular weight is 443 g/mol. The minimum absolute atomic E-state index is 0.0642. The van der Waals surface area contributed by atoms with Crippen LogP contribution in [0.3, 0.4) is 0 Å². The zero-order valence-electron chi connectivity index (χ0n) is 17.8. The summed E-state index contributed by atoms with van der Waals surface area (Å²) in [7, 11) is 1.47. The van der Waals surface area contributed by atoms with E-state index in [1.807, 2.05) is 24.3 Å². The van der Waals surface area contributed by atoms with Crippen molar-refractivity contribution in [2.45, 2.75) is 0 Å². The van der Waals surface area contributed by atoms with Gasteiger partial charge in [-0.25, -0.2) is 5.01 Å². The SMILES string of the molecule is COc1cccc(/C=C2/C(=O)NN(c3ccccc3)C2=O)c1OCC(=O)Nc1ccccc1. The van der Waals surface area contributed by atoms with Crippen LogP contribution in [0.25, 0.3) is 6.08 Å². The zero-order valence-corrected chi connectivity index (χ0v) is 17.8. The lowest BCUT2D eigenvalue weighted by molar-refractivity contribution is -0.118. The van der Waals surface area contributed by atoms with E-state index in [-0.39, 0.29) is 23.8 Å². The number of nitrogens with one attached hydrogen (secondary N) is 2. The number of amides is 3. The number of benzene rings is 3. The van der Waals surface area contributed by atoms with Gasteiger partial charge in [0.05, 0.1) is 12.8 Å². The van der Waals surface area contributed by atoms with Gasteiger partial charge in [0.25, 0.3) is 17.7 Å². The molecule has 0 aromatic heterocycles. The van der Waals surface area contributed by atoms with Gasteiger partial charge in [-0.1, -0.05) is 48.5 Å². The lowest BCUT2D eigenvalue weighted by atomic mass is 10.1. The Hall–Kier alpha value is -4.59. The van der Waals surface area contributed by atoms with E-state index >= 15 is 0 Å². The molecule has 1 aliphatic rings. The monoisotopic (exact) mass is 443 g/mol. The molecule has 3 aromatic rings. The second-order valence-electron chi connectivity index (χ2n) is 7.06. The van der Waals surface area contributed by atoms with Crippen LogP contribution in [0.4, 0.5) is 11.4 Å². The molecule has 0 saturated carbocycles. The first-order valence-electron chi connectivity index (χ1n) is 10.1. The minimum atomic E-state index is -0.542. The molecule has 0 radical (unpaired) electrons. The summed E-state index contributed by atoms with van der Waals surface area (Å²) >= 11 is 0. The van der Waals surface area contributed by atoms with Crippen molar-refractivity contribution in [3.8, 4) is 11.5 Å². The number of hydrazine groups is 1. The number of nitrogens with zero attached hydrogens (tertiary/aromatic N) is 1. The van der Waals surface area contributed by atoms with Crippen LogP contribution < -0.4 is 25.2 Å². The Labute approximate surface area is 190 Å². The fraction of sp³-hybridized carbons (Fsp3) is 0.0800. The normalized spacial score (nSPS) is 14.2. The van der Waals surface area contributed by atoms with E-state index in [1.165, 1.54) is 18.2 Å². The number of carbonyl (C=O) groups excluding carboxylic acids is 3. The fourth-order valence-electron chi connectivity index (χ4n) is 3.29. The number of ether oxygens (including phenoxy) is 2. The van der Waals surface area contributed by atoms with E-state index in [1.54, 1.807) is 54.6 Å². The third-order valence-electron chi connectivity index (χ3n) is 4.84. The maximum absolute atomic E-state index is 12.9. The molecule has 3 aromatic carbocycles. The third kappa shape index (κ3) is 4.85. The molecule has 1 saturated heterocycles. The van der Waals surface area contributed by atoms with Gasteiger partial charge in [0, 0.05) is 11.3 Å². The van der Waals surface area contributed by atoms with Crippen LogP contribution >= 0.6 is 0 Å². The van der Waals surface area contributed by atoms with E-state index in [0.29, 0.717) is 22.7 Å². The number of hydrogen-bond donors (Lipinski definition) is 2. The first-order chi connectivity index (χ1) is 16.1. The highest BCUT2D eigenvalue weighted by molar-refractivity contribution is 6.31. The van der Waals surface area contributed by atoms with Gasteiger partial charge in [0.2, 0.25) is 0 Å². The smallest absolute Gasteiger partial charge is 0.282 e. The van der Waals surface area contributed by atoms with E-state index in [2.05, 4.69) is 10.7 Å². The zero-order chi connectivity index (χ0) is 23.2. The predicted octanol–water partition coefficient (Wildman–Crippen LogP) is 3.17. The molecule has 0 aliphatic carbocycles. The van der Waals surface area contributed by atoms with Crippen molar-refractivity contribution in [1.29, 1.82) is 0 Å². The first-order valence-corrected chi connectivity index (χ1v) is 10.1. The lowest BCUT2D eigenvalue weighted by Crippen LogP contribution is -2.35. The highest BCUT2D eigenvalue weighted by atomic mass is 16.5. The maximum atomic E-state index is 12.9. The number of para-hydroxylation sites is 3. The second kappa shape index (κ2) is 9.69. The molecule has 8 nitrogen and oxygen atoms in total. The van der Waals surface area contributed by atoms with Crippen LogP contribution in [0.2, 0.25) is 0 Å². The molecule has 8 heteroatoms. The summed E-state index contributed by atoms with van der Waals surface area (Å²) in [5, 5.41) is 3.92. The molecule has 0 bridgehead atoms. The maximum Gasteiger partial charge on any atom is 0.282 e. The van der Waals surface area contributed by atoms with Crippen LogP contribution in [0.5, 0.6) is 11.5 Å². The number of hydrogen-bond acceptors (Lipinski definition) is 5. The molecule has 2 N–H and O–H groups in total. The Morgan fingerprint density at radius 1 is 0.970 bits per heavy atom.